The lowest BCUT2D eigenvalue weighted by Gasteiger charge is -2.17. The molecule has 0 amide bonds. The topological polar surface area (TPSA) is 98.1 Å². The van der Waals surface area contributed by atoms with E-state index in [-0.39, 0.29) is 13.0 Å². The first-order valence-corrected chi connectivity index (χ1v) is 5.26. The average Bonchev–Trinajstić information content (AvgIpc) is 2.78. The zero-order valence-corrected chi connectivity index (χ0v) is 9.50. The van der Waals surface area contributed by atoms with Crippen molar-refractivity contribution in [2.75, 3.05) is 6.54 Å². The summed E-state index contributed by atoms with van der Waals surface area (Å²) < 4.78 is 5.05. The number of nitrogens with zero attached hydrogens (tertiary/aromatic N) is 3. The molecule has 2 aromatic rings. The fourth-order valence-corrected chi connectivity index (χ4v) is 1.34. The van der Waals surface area contributed by atoms with Crippen molar-refractivity contribution in [3.8, 4) is 11.4 Å². The Hall–Kier alpha value is -1.79. The van der Waals surface area contributed by atoms with Gasteiger partial charge in [-0.2, -0.15) is 4.98 Å². The van der Waals surface area contributed by atoms with Crippen LogP contribution in [0.2, 0.25) is 0 Å². The molecule has 0 saturated heterocycles. The third kappa shape index (κ3) is 2.86. The van der Waals surface area contributed by atoms with E-state index in [1.54, 1.807) is 25.4 Å². The van der Waals surface area contributed by atoms with Gasteiger partial charge in [-0.25, -0.2) is 0 Å². The minimum absolute atomic E-state index is 0.137. The van der Waals surface area contributed by atoms with Crippen LogP contribution in [0, 0.1) is 0 Å². The first kappa shape index (κ1) is 11.7. The Morgan fingerprint density at radius 3 is 3.00 bits per heavy atom. The molecule has 6 nitrogen and oxygen atoms in total. The molecule has 0 aliphatic heterocycles. The zero-order chi connectivity index (χ0) is 12.3. The van der Waals surface area contributed by atoms with Gasteiger partial charge < -0.3 is 15.4 Å². The van der Waals surface area contributed by atoms with Crippen molar-refractivity contribution in [2.24, 2.45) is 5.73 Å². The quantitative estimate of drug-likeness (QED) is 0.793. The molecular weight excluding hydrogens is 220 g/mol. The maximum atomic E-state index is 9.79. The highest BCUT2D eigenvalue weighted by atomic mass is 16.5. The van der Waals surface area contributed by atoms with Gasteiger partial charge in [-0.15, -0.1) is 0 Å². The molecule has 2 aromatic heterocycles. The van der Waals surface area contributed by atoms with E-state index in [0.29, 0.717) is 11.7 Å². The molecule has 0 aliphatic carbocycles. The zero-order valence-electron chi connectivity index (χ0n) is 9.50. The van der Waals surface area contributed by atoms with Gasteiger partial charge >= 0.3 is 0 Å². The Morgan fingerprint density at radius 1 is 1.53 bits per heavy atom. The lowest BCUT2D eigenvalue weighted by Crippen LogP contribution is -2.36. The van der Waals surface area contributed by atoms with E-state index < -0.39 is 5.60 Å². The summed E-state index contributed by atoms with van der Waals surface area (Å²) >= 11 is 0. The van der Waals surface area contributed by atoms with Crippen LogP contribution >= 0.6 is 0 Å². The molecule has 2 heterocycles. The number of pyridine rings is 1. The van der Waals surface area contributed by atoms with Gasteiger partial charge in [0.1, 0.15) is 0 Å². The maximum Gasteiger partial charge on any atom is 0.229 e. The lowest BCUT2D eigenvalue weighted by molar-refractivity contribution is 0.0610. The third-order valence-electron chi connectivity index (χ3n) is 2.36. The van der Waals surface area contributed by atoms with Crippen molar-refractivity contribution >= 4 is 0 Å². The summed E-state index contributed by atoms with van der Waals surface area (Å²) in [6, 6.07) is 3.63. The smallest absolute Gasteiger partial charge is 0.229 e. The monoisotopic (exact) mass is 234 g/mol. The largest absolute Gasteiger partial charge is 0.388 e. The van der Waals surface area contributed by atoms with Crippen LogP contribution in [-0.2, 0) is 6.42 Å². The van der Waals surface area contributed by atoms with Crippen LogP contribution in [0.3, 0.4) is 0 Å². The van der Waals surface area contributed by atoms with E-state index in [1.807, 2.05) is 6.07 Å². The standard InChI is InChI=1S/C11H14N4O2/c1-11(16,7-12)5-9-14-10(15-17-9)8-3-2-4-13-6-8/h2-4,6,16H,5,7,12H2,1H3. The summed E-state index contributed by atoms with van der Waals surface area (Å²) in [6.07, 6.45) is 3.55. The van der Waals surface area contributed by atoms with E-state index in [0.717, 1.165) is 5.56 Å². The molecule has 0 aromatic carbocycles. The van der Waals surface area contributed by atoms with Gasteiger partial charge in [-0.1, -0.05) is 5.16 Å². The van der Waals surface area contributed by atoms with Crippen molar-refractivity contribution in [1.82, 2.24) is 15.1 Å². The van der Waals surface area contributed by atoms with Crippen LogP contribution in [0.4, 0.5) is 0 Å². The summed E-state index contributed by atoms with van der Waals surface area (Å²) in [4.78, 5) is 8.15. The Balaban J connectivity index is 2.17. The first-order valence-electron chi connectivity index (χ1n) is 5.26. The van der Waals surface area contributed by atoms with E-state index in [2.05, 4.69) is 15.1 Å². The Bertz CT molecular complexity index is 481. The molecule has 0 spiro atoms. The molecule has 1 unspecified atom stereocenters. The number of rotatable bonds is 4. The molecule has 17 heavy (non-hydrogen) atoms. The van der Waals surface area contributed by atoms with Crippen molar-refractivity contribution < 1.29 is 9.63 Å². The van der Waals surface area contributed by atoms with Gasteiger partial charge in [-0.05, 0) is 19.1 Å². The maximum absolute atomic E-state index is 9.79. The van der Waals surface area contributed by atoms with Gasteiger partial charge in [0.15, 0.2) is 0 Å². The first-order chi connectivity index (χ1) is 8.11. The highest BCUT2D eigenvalue weighted by molar-refractivity contribution is 5.51. The van der Waals surface area contributed by atoms with Crippen molar-refractivity contribution in [3.05, 3.63) is 30.4 Å². The fraction of sp³-hybridized carbons (Fsp3) is 0.364. The SMILES string of the molecule is CC(O)(CN)Cc1nc(-c2cccnc2)no1. The molecule has 0 radical (unpaired) electrons. The molecule has 3 N–H and O–H groups in total. The summed E-state index contributed by atoms with van der Waals surface area (Å²) in [5.41, 5.74) is 5.17. The number of hydrogen-bond acceptors (Lipinski definition) is 6. The second-order valence-electron chi connectivity index (χ2n) is 4.13. The highest BCUT2D eigenvalue weighted by Crippen LogP contribution is 2.16. The predicted octanol–water partition coefficient (Wildman–Crippen LogP) is 0.384. The normalized spacial score (nSPS) is 14.5. The van der Waals surface area contributed by atoms with Crippen LogP contribution < -0.4 is 5.73 Å². The van der Waals surface area contributed by atoms with Crippen molar-refractivity contribution in [3.63, 3.8) is 0 Å². The molecular formula is C11H14N4O2. The minimum Gasteiger partial charge on any atom is -0.388 e. The minimum atomic E-state index is -1.03. The van der Waals surface area contributed by atoms with Crippen LogP contribution in [0.5, 0.6) is 0 Å². The third-order valence-corrected chi connectivity index (χ3v) is 2.36. The van der Waals surface area contributed by atoms with Crippen molar-refractivity contribution in [1.29, 1.82) is 0 Å². The number of aliphatic hydroxyl groups is 1. The van der Waals surface area contributed by atoms with E-state index >= 15 is 0 Å². The highest BCUT2D eigenvalue weighted by Gasteiger charge is 2.22. The number of aromatic nitrogens is 3. The van der Waals surface area contributed by atoms with Crippen LogP contribution in [0.15, 0.2) is 29.0 Å². The Labute approximate surface area is 98.5 Å². The summed E-state index contributed by atoms with van der Waals surface area (Å²) in [5, 5.41) is 13.6. The second-order valence-corrected chi connectivity index (χ2v) is 4.13. The van der Waals surface area contributed by atoms with Gasteiger partial charge in [0, 0.05) is 24.5 Å². The molecule has 0 fully saturated rings. The molecule has 90 valence electrons. The van der Waals surface area contributed by atoms with Gasteiger partial charge in [0.25, 0.3) is 0 Å². The summed E-state index contributed by atoms with van der Waals surface area (Å²) in [5.74, 6) is 0.820. The lowest BCUT2D eigenvalue weighted by atomic mass is 10.0. The van der Waals surface area contributed by atoms with Crippen LogP contribution in [0.1, 0.15) is 12.8 Å². The number of nitrogens with two attached hydrogens (primary N) is 1. The Kier molecular flexibility index (Phi) is 3.16. The number of hydrogen-bond donors (Lipinski definition) is 2. The Morgan fingerprint density at radius 2 is 2.35 bits per heavy atom. The fourth-order valence-electron chi connectivity index (χ4n) is 1.34. The molecule has 6 heteroatoms. The molecule has 1 atom stereocenters. The molecule has 0 aliphatic rings. The average molecular weight is 234 g/mol. The van der Waals surface area contributed by atoms with Gasteiger partial charge in [0.2, 0.25) is 11.7 Å². The van der Waals surface area contributed by atoms with E-state index in [9.17, 15) is 5.11 Å². The van der Waals surface area contributed by atoms with Gasteiger partial charge in [-0.3, -0.25) is 4.98 Å². The second kappa shape index (κ2) is 4.60. The molecule has 2 rings (SSSR count). The van der Waals surface area contributed by atoms with Gasteiger partial charge in [0.05, 0.1) is 12.0 Å². The van der Waals surface area contributed by atoms with E-state index in [1.165, 1.54) is 0 Å². The van der Waals surface area contributed by atoms with Crippen LogP contribution in [0.25, 0.3) is 11.4 Å². The summed E-state index contributed by atoms with van der Waals surface area (Å²) in [7, 11) is 0. The predicted molar refractivity (Wildman–Crippen MR) is 60.9 cm³/mol. The van der Waals surface area contributed by atoms with Crippen molar-refractivity contribution in [2.45, 2.75) is 18.9 Å². The molecule has 0 bridgehead atoms. The van der Waals surface area contributed by atoms with E-state index in [4.69, 9.17) is 10.3 Å². The molecule has 0 saturated carbocycles. The summed E-state index contributed by atoms with van der Waals surface area (Å²) in [6.45, 7) is 1.76. The van der Waals surface area contributed by atoms with Crippen LogP contribution in [-0.4, -0.2) is 32.4 Å².